The molecular weight excluding hydrogens is 460 g/mol. The Balaban J connectivity index is 1.91. The van der Waals surface area contributed by atoms with E-state index in [2.05, 4.69) is 23.3 Å². The van der Waals surface area contributed by atoms with E-state index >= 15 is 0 Å². The first-order chi connectivity index (χ1) is 16.3. The first-order valence-electron chi connectivity index (χ1n) is 10.2. The van der Waals surface area contributed by atoms with Crippen LogP contribution < -0.4 is 10.6 Å². The molecule has 0 unspecified atom stereocenters. The fourth-order valence-electron chi connectivity index (χ4n) is 3.40. The quantitative estimate of drug-likeness (QED) is 0.417. The predicted octanol–water partition coefficient (Wildman–Crippen LogP) is 4.76. The number of rotatable bonds is 8. The van der Waals surface area contributed by atoms with Crippen molar-refractivity contribution in [3.05, 3.63) is 100 Å². The largest absolute Gasteiger partial charge is 0.458 e. The van der Waals surface area contributed by atoms with Gasteiger partial charge in [0.25, 0.3) is 0 Å². The standard InChI is InChI=1S/C25H21F2N3O3S/c1-3-12-33-25(32)22-15(2)29-24(19(13-28)23(22)18-6-4-5-7-20(18)27)34-14-21(31)30-17-10-8-16(26)9-11-17/h3-11,23,29H,1,12,14H2,2H3,(H,30,31)/t23-/m1/s1. The van der Waals surface area contributed by atoms with E-state index in [1.807, 2.05) is 0 Å². The Hall–Kier alpha value is -3.90. The molecule has 0 fully saturated rings. The van der Waals surface area contributed by atoms with Crippen molar-refractivity contribution < 1.29 is 23.1 Å². The zero-order valence-corrected chi connectivity index (χ0v) is 19.0. The van der Waals surface area contributed by atoms with Gasteiger partial charge < -0.3 is 15.4 Å². The number of nitrogens with one attached hydrogen (secondary N) is 2. The molecule has 9 heteroatoms. The molecule has 2 aromatic rings. The number of ether oxygens (including phenoxy) is 1. The Morgan fingerprint density at radius 1 is 1.24 bits per heavy atom. The second-order valence-electron chi connectivity index (χ2n) is 7.20. The highest BCUT2D eigenvalue weighted by atomic mass is 32.2. The number of hydrogen-bond donors (Lipinski definition) is 2. The van der Waals surface area contributed by atoms with Crippen molar-refractivity contribution in [3.63, 3.8) is 0 Å². The van der Waals surface area contributed by atoms with E-state index in [0.717, 1.165) is 11.8 Å². The molecule has 1 aliphatic heterocycles. The van der Waals surface area contributed by atoms with Crippen LogP contribution in [0.3, 0.4) is 0 Å². The third kappa shape index (κ3) is 5.71. The average molecular weight is 482 g/mol. The summed E-state index contributed by atoms with van der Waals surface area (Å²) >= 11 is 1.04. The molecular formula is C25H21F2N3O3S. The van der Waals surface area contributed by atoms with Gasteiger partial charge in [0.15, 0.2) is 0 Å². The summed E-state index contributed by atoms with van der Waals surface area (Å²) in [7, 11) is 0. The number of nitrogens with zero attached hydrogens (tertiary/aromatic N) is 1. The summed E-state index contributed by atoms with van der Waals surface area (Å²) in [5.74, 6) is -3.20. The number of nitriles is 1. The molecule has 2 aromatic carbocycles. The number of carbonyl (C=O) groups excluding carboxylic acids is 2. The molecule has 3 rings (SSSR count). The zero-order valence-electron chi connectivity index (χ0n) is 18.2. The molecule has 0 aromatic heterocycles. The summed E-state index contributed by atoms with van der Waals surface area (Å²) in [6.07, 6.45) is 1.41. The molecule has 0 saturated heterocycles. The topological polar surface area (TPSA) is 91.2 Å². The van der Waals surface area contributed by atoms with Gasteiger partial charge in [-0.2, -0.15) is 5.26 Å². The monoisotopic (exact) mass is 481 g/mol. The average Bonchev–Trinajstić information content (AvgIpc) is 2.82. The maximum Gasteiger partial charge on any atom is 0.337 e. The SMILES string of the molecule is C=CCOC(=O)C1=C(C)NC(SCC(=O)Nc2ccc(F)cc2)=C(C#N)[C@H]1c1ccccc1F. The highest BCUT2D eigenvalue weighted by Gasteiger charge is 2.37. The molecule has 0 saturated carbocycles. The van der Waals surface area contributed by atoms with Gasteiger partial charge >= 0.3 is 5.97 Å². The van der Waals surface area contributed by atoms with E-state index in [4.69, 9.17) is 4.74 Å². The molecule has 1 heterocycles. The summed E-state index contributed by atoms with van der Waals surface area (Å²) in [4.78, 5) is 25.2. The molecule has 34 heavy (non-hydrogen) atoms. The number of halogens is 2. The van der Waals surface area contributed by atoms with Crippen LogP contribution in [-0.4, -0.2) is 24.2 Å². The Bertz CT molecular complexity index is 1220. The van der Waals surface area contributed by atoms with Gasteiger partial charge in [0.05, 0.1) is 33.9 Å². The summed E-state index contributed by atoms with van der Waals surface area (Å²) in [5, 5.41) is 15.9. The third-order valence-electron chi connectivity index (χ3n) is 4.89. The van der Waals surface area contributed by atoms with E-state index < -0.39 is 23.5 Å². The molecule has 1 aliphatic rings. The van der Waals surface area contributed by atoms with Gasteiger partial charge in [0.1, 0.15) is 18.2 Å². The summed E-state index contributed by atoms with van der Waals surface area (Å²) in [6, 6.07) is 13.2. The van der Waals surface area contributed by atoms with Crippen molar-refractivity contribution in [1.82, 2.24) is 5.32 Å². The minimum Gasteiger partial charge on any atom is -0.458 e. The molecule has 1 amide bonds. The lowest BCUT2D eigenvalue weighted by Crippen LogP contribution is -2.30. The smallest absolute Gasteiger partial charge is 0.337 e. The maximum atomic E-state index is 14.8. The molecule has 2 N–H and O–H groups in total. The molecule has 6 nitrogen and oxygen atoms in total. The first kappa shape index (κ1) is 24.7. The minimum absolute atomic E-state index is 0.0453. The second kappa shape index (κ2) is 11.3. The summed E-state index contributed by atoms with van der Waals surface area (Å²) < 4.78 is 33.0. The van der Waals surface area contributed by atoms with Crippen molar-refractivity contribution in [3.8, 4) is 6.07 Å². The Morgan fingerprint density at radius 3 is 2.59 bits per heavy atom. The summed E-state index contributed by atoms with van der Waals surface area (Å²) in [6.45, 7) is 5.09. The normalized spacial score (nSPS) is 15.3. The van der Waals surface area contributed by atoms with Gasteiger partial charge in [0.2, 0.25) is 5.91 Å². The van der Waals surface area contributed by atoms with Crippen LogP contribution in [-0.2, 0) is 14.3 Å². The number of carbonyl (C=O) groups is 2. The lowest BCUT2D eigenvalue weighted by Gasteiger charge is -2.29. The van der Waals surface area contributed by atoms with E-state index in [0.29, 0.717) is 16.4 Å². The van der Waals surface area contributed by atoms with Crippen molar-refractivity contribution in [2.24, 2.45) is 0 Å². The van der Waals surface area contributed by atoms with Gasteiger partial charge in [-0.15, -0.1) is 0 Å². The molecule has 0 aliphatic carbocycles. The number of dihydropyridines is 1. The fourth-order valence-corrected chi connectivity index (χ4v) is 4.29. The Labute approximate surface area is 200 Å². The van der Waals surface area contributed by atoms with E-state index in [-0.39, 0.29) is 35.0 Å². The zero-order chi connectivity index (χ0) is 24.7. The number of hydrogen-bond acceptors (Lipinski definition) is 6. The van der Waals surface area contributed by atoms with Crippen LogP contribution in [0.25, 0.3) is 0 Å². The predicted molar refractivity (Wildman–Crippen MR) is 126 cm³/mol. The van der Waals surface area contributed by atoms with Crippen LogP contribution in [0.15, 0.2) is 83.1 Å². The minimum atomic E-state index is -1.02. The van der Waals surface area contributed by atoms with Crippen molar-refractivity contribution in [2.75, 3.05) is 17.7 Å². The van der Waals surface area contributed by atoms with Crippen LogP contribution in [0.5, 0.6) is 0 Å². The van der Waals surface area contributed by atoms with Gasteiger partial charge in [-0.3, -0.25) is 4.79 Å². The molecule has 0 bridgehead atoms. The lowest BCUT2D eigenvalue weighted by molar-refractivity contribution is -0.138. The molecule has 1 atom stereocenters. The van der Waals surface area contributed by atoms with Crippen LogP contribution in [0.1, 0.15) is 18.4 Å². The van der Waals surface area contributed by atoms with Crippen LogP contribution in [0, 0.1) is 23.0 Å². The number of amides is 1. The molecule has 174 valence electrons. The van der Waals surface area contributed by atoms with Gasteiger partial charge in [0, 0.05) is 16.9 Å². The van der Waals surface area contributed by atoms with Gasteiger partial charge in [-0.05, 0) is 37.3 Å². The van der Waals surface area contributed by atoms with Crippen molar-refractivity contribution in [2.45, 2.75) is 12.8 Å². The third-order valence-corrected chi connectivity index (χ3v) is 5.91. The van der Waals surface area contributed by atoms with Crippen molar-refractivity contribution >= 4 is 29.3 Å². The highest BCUT2D eigenvalue weighted by Crippen LogP contribution is 2.41. The van der Waals surface area contributed by atoms with Crippen molar-refractivity contribution in [1.29, 1.82) is 5.26 Å². The molecule has 0 radical (unpaired) electrons. The Morgan fingerprint density at radius 2 is 1.94 bits per heavy atom. The number of benzene rings is 2. The van der Waals surface area contributed by atoms with E-state index in [9.17, 15) is 23.6 Å². The number of esters is 1. The van der Waals surface area contributed by atoms with E-state index in [1.165, 1.54) is 48.5 Å². The number of thioether (sulfide) groups is 1. The van der Waals surface area contributed by atoms with Crippen LogP contribution >= 0.6 is 11.8 Å². The Kier molecular flexibility index (Phi) is 8.22. The fraction of sp³-hybridized carbons (Fsp3) is 0.160. The molecule has 0 spiro atoms. The van der Waals surface area contributed by atoms with Gasteiger partial charge in [-0.25, -0.2) is 13.6 Å². The van der Waals surface area contributed by atoms with Gasteiger partial charge in [-0.1, -0.05) is 42.6 Å². The number of allylic oxidation sites excluding steroid dienone is 2. The highest BCUT2D eigenvalue weighted by molar-refractivity contribution is 8.03. The van der Waals surface area contributed by atoms with E-state index in [1.54, 1.807) is 13.0 Å². The first-order valence-corrected chi connectivity index (χ1v) is 11.2. The van der Waals surface area contributed by atoms with Crippen LogP contribution in [0.4, 0.5) is 14.5 Å². The number of anilines is 1. The lowest BCUT2D eigenvalue weighted by atomic mass is 9.82. The van der Waals surface area contributed by atoms with Crippen LogP contribution in [0.2, 0.25) is 0 Å². The maximum absolute atomic E-state index is 14.8. The summed E-state index contributed by atoms with van der Waals surface area (Å²) in [5.41, 5.74) is 1.12. The second-order valence-corrected chi connectivity index (χ2v) is 8.19.